The van der Waals surface area contributed by atoms with E-state index in [1.807, 2.05) is 6.07 Å². The molecule has 1 saturated heterocycles. The zero-order chi connectivity index (χ0) is 24.6. The number of carbonyl (C=O) groups is 2. The summed E-state index contributed by atoms with van der Waals surface area (Å²) < 4.78 is 5.31. The number of hydrogen-bond acceptors (Lipinski definition) is 6. The first-order chi connectivity index (χ1) is 16.3. The highest BCUT2D eigenvalue weighted by Gasteiger charge is 2.47. The molecule has 1 fully saturated rings. The summed E-state index contributed by atoms with van der Waals surface area (Å²) in [6.07, 6.45) is 0. The van der Waals surface area contributed by atoms with Gasteiger partial charge in [-0.3, -0.25) is 14.5 Å². The van der Waals surface area contributed by atoms with Gasteiger partial charge in [-0.1, -0.05) is 35.3 Å². The van der Waals surface area contributed by atoms with E-state index in [1.165, 1.54) is 60.5 Å². The molecule has 1 heterocycles. The van der Waals surface area contributed by atoms with E-state index in [2.05, 4.69) is 0 Å². The number of hydrogen-bond donors (Lipinski definition) is 2. The van der Waals surface area contributed by atoms with Gasteiger partial charge in [0.15, 0.2) is 0 Å². The Labute approximate surface area is 204 Å². The highest BCUT2D eigenvalue weighted by molar-refractivity contribution is 6.52. The van der Waals surface area contributed by atoms with E-state index in [1.54, 1.807) is 12.1 Å². The summed E-state index contributed by atoms with van der Waals surface area (Å²) in [6, 6.07) is 15.8. The summed E-state index contributed by atoms with van der Waals surface area (Å²) in [5, 5.41) is 30.7. The van der Waals surface area contributed by atoms with Gasteiger partial charge in [-0.15, -0.1) is 0 Å². The first-order valence-electron chi connectivity index (χ1n) is 9.90. The van der Waals surface area contributed by atoms with Crippen LogP contribution in [0.25, 0.3) is 5.76 Å². The minimum Gasteiger partial charge on any atom is -0.508 e. The van der Waals surface area contributed by atoms with Crippen molar-refractivity contribution in [3.63, 3.8) is 0 Å². The summed E-state index contributed by atoms with van der Waals surface area (Å²) >= 11 is 12.3. The lowest BCUT2D eigenvalue weighted by atomic mass is 9.94. The average Bonchev–Trinajstić information content (AvgIpc) is 3.08. The van der Waals surface area contributed by atoms with Gasteiger partial charge in [0.25, 0.3) is 11.7 Å². The SMILES string of the molecule is COc1c(Cl)cc(Cl)cc1/C(O)=C1\C(=O)C(=O)N(c2ccc(C#N)cc2)C1c1cccc(O)c1. The molecule has 1 atom stereocenters. The summed E-state index contributed by atoms with van der Waals surface area (Å²) in [7, 11) is 1.34. The highest BCUT2D eigenvalue weighted by Crippen LogP contribution is 2.45. The molecule has 1 aliphatic heterocycles. The Morgan fingerprint density at radius 3 is 2.41 bits per heavy atom. The second kappa shape index (κ2) is 9.10. The number of methoxy groups -OCH3 is 1. The Hall–Kier alpha value is -3.99. The summed E-state index contributed by atoms with van der Waals surface area (Å²) in [6.45, 7) is 0. The van der Waals surface area contributed by atoms with Gasteiger partial charge in [0.05, 0.1) is 40.9 Å². The number of carbonyl (C=O) groups excluding carboxylic acids is 2. The number of ketones is 1. The van der Waals surface area contributed by atoms with Gasteiger partial charge >= 0.3 is 0 Å². The minimum absolute atomic E-state index is 0.0305. The van der Waals surface area contributed by atoms with Crippen LogP contribution in [0.5, 0.6) is 11.5 Å². The quantitative estimate of drug-likeness (QED) is 0.292. The second-order valence-corrected chi connectivity index (χ2v) is 8.23. The van der Waals surface area contributed by atoms with Crippen molar-refractivity contribution in [3.05, 3.63) is 93.0 Å². The van der Waals surface area contributed by atoms with Crippen LogP contribution in [0, 0.1) is 11.3 Å². The van der Waals surface area contributed by atoms with Crippen LogP contribution in [0.3, 0.4) is 0 Å². The maximum absolute atomic E-state index is 13.2. The molecule has 3 aromatic carbocycles. The third kappa shape index (κ3) is 3.94. The standard InChI is InChI=1S/C25H16Cl2N2O5/c1-34-24-18(10-15(26)11-19(24)27)22(31)20-21(14-3-2-4-17(30)9-14)29(25(33)23(20)32)16-7-5-13(12-28)6-8-16/h2-11,21,30-31H,1H3/b22-20+. The number of aromatic hydroxyl groups is 1. The molecule has 0 spiro atoms. The number of nitrogens with zero attached hydrogens (tertiary/aromatic N) is 2. The number of halogens is 2. The molecule has 1 aliphatic rings. The van der Waals surface area contributed by atoms with Gasteiger partial charge in [-0.05, 0) is 54.1 Å². The molecule has 3 aromatic rings. The fourth-order valence-electron chi connectivity index (χ4n) is 3.89. The number of amides is 1. The lowest BCUT2D eigenvalue weighted by Crippen LogP contribution is -2.29. The molecule has 4 rings (SSSR count). The molecule has 0 aliphatic carbocycles. The number of Topliss-reactive ketones (excluding diaryl/α,β-unsaturated/α-hetero) is 1. The Morgan fingerprint density at radius 1 is 1.09 bits per heavy atom. The number of ether oxygens (including phenoxy) is 1. The Balaban J connectivity index is 2.00. The van der Waals surface area contributed by atoms with Gasteiger partial charge in [0.2, 0.25) is 0 Å². The van der Waals surface area contributed by atoms with Crippen molar-refractivity contribution in [3.8, 4) is 17.6 Å². The largest absolute Gasteiger partial charge is 0.508 e. The molecule has 1 unspecified atom stereocenters. The molecular weight excluding hydrogens is 479 g/mol. The van der Waals surface area contributed by atoms with E-state index >= 15 is 0 Å². The molecule has 9 heteroatoms. The summed E-state index contributed by atoms with van der Waals surface area (Å²) in [4.78, 5) is 27.6. The van der Waals surface area contributed by atoms with Crippen LogP contribution in [0.1, 0.15) is 22.7 Å². The van der Waals surface area contributed by atoms with E-state index in [4.69, 9.17) is 33.2 Å². The van der Waals surface area contributed by atoms with E-state index < -0.39 is 23.5 Å². The number of aliphatic hydroxyl groups excluding tert-OH is 1. The number of nitriles is 1. The van der Waals surface area contributed by atoms with Crippen molar-refractivity contribution in [1.82, 2.24) is 0 Å². The fraction of sp³-hybridized carbons (Fsp3) is 0.0800. The maximum Gasteiger partial charge on any atom is 0.300 e. The monoisotopic (exact) mass is 494 g/mol. The van der Waals surface area contributed by atoms with Crippen molar-refractivity contribution in [2.24, 2.45) is 0 Å². The van der Waals surface area contributed by atoms with Crippen LogP contribution in [0.2, 0.25) is 10.0 Å². The van der Waals surface area contributed by atoms with Crippen molar-refractivity contribution in [2.75, 3.05) is 12.0 Å². The lowest BCUT2D eigenvalue weighted by Gasteiger charge is -2.25. The van der Waals surface area contributed by atoms with Gasteiger partial charge < -0.3 is 14.9 Å². The maximum atomic E-state index is 13.2. The molecule has 0 radical (unpaired) electrons. The smallest absolute Gasteiger partial charge is 0.300 e. The molecule has 170 valence electrons. The van der Waals surface area contributed by atoms with E-state index in [0.717, 1.165) is 0 Å². The molecule has 0 aromatic heterocycles. The van der Waals surface area contributed by atoms with Crippen molar-refractivity contribution >= 4 is 46.3 Å². The molecule has 0 saturated carbocycles. The summed E-state index contributed by atoms with van der Waals surface area (Å²) in [5.41, 5.74) is 0.855. The second-order valence-electron chi connectivity index (χ2n) is 7.39. The molecule has 34 heavy (non-hydrogen) atoms. The molecule has 7 nitrogen and oxygen atoms in total. The van der Waals surface area contributed by atoms with Crippen LogP contribution < -0.4 is 9.64 Å². The van der Waals surface area contributed by atoms with Gasteiger partial charge in [0.1, 0.15) is 17.3 Å². The number of phenolic OH excluding ortho intramolecular Hbond substituents is 1. The van der Waals surface area contributed by atoms with Crippen LogP contribution in [0.15, 0.2) is 66.2 Å². The van der Waals surface area contributed by atoms with Gasteiger partial charge in [-0.25, -0.2) is 0 Å². The predicted molar refractivity (Wildman–Crippen MR) is 127 cm³/mol. The topological polar surface area (TPSA) is 111 Å². The normalized spacial score (nSPS) is 17.0. The minimum atomic E-state index is -1.09. The zero-order valence-corrected chi connectivity index (χ0v) is 19.1. The summed E-state index contributed by atoms with van der Waals surface area (Å²) in [5.74, 6) is -2.40. The zero-order valence-electron chi connectivity index (χ0n) is 17.6. The van der Waals surface area contributed by atoms with Crippen molar-refractivity contribution < 1.29 is 24.5 Å². The van der Waals surface area contributed by atoms with E-state index in [0.29, 0.717) is 16.8 Å². The first kappa shape index (κ1) is 23.2. The predicted octanol–water partition coefficient (Wildman–Crippen LogP) is 5.21. The van der Waals surface area contributed by atoms with Crippen LogP contribution in [-0.2, 0) is 9.59 Å². The molecule has 2 N–H and O–H groups in total. The number of anilines is 1. The molecule has 0 bridgehead atoms. The number of benzene rings is 3. The Bertz CT molecular complexity index is 1390. The Morgan fingerprint density at radius 2 is 1.79 bits per heavy atom. The lowest BCUT2D eigenvalue weighted by molar-refractivity contribution is -0.132. The fourth-order valence-corrected chi connectivity index (χ4v) is 4.47. The van der Waals surface area contributed by atoms with Crippen LogP contribution in [-0.4, -0.2) is 29.0 Å². The molecule has 1 amide bonds. The number of phenols is 1. The third-order valence-corrected chi connectivity index (χ3v) is 5.87. The number of rotatable bonds is 4. The first-order valence-corrected chi connectivity index (χ1v) is 10.7. The van der Waals surface area contributed by atoms with Crippen molar-refractivity contribution in [1.29, 1.82) is 5.26 Å². The third-order valence-electron chi connectivity index (χ3n) is 5.37. The average molecular weight is 495 g/mol. The van der Waals surface area contributed by atoms with Gasteiger partial charge in [0, 0.05) is 10.7 Å². The van der Waals surface area contributed by atoms with Crippen LogP contribution in [0.4, 0.5) is 5.69 Å². The highest BCUT2D eigenvalue weighted by atomic mass is 35.5. The molecular formula is C25H16Cl2N2O5. The van der Waals surface area contributed by atoms with Crippen LogP contribution >= 0.6 is 23.2 Å². The van der Waals surface area contributed by atoms with E-state index in [9.17, 15) is 19.8 Å². The van der Waals surface area contributed by atoms with Crippen molar-refractivity contribution in [2.45, 2.75) is 6.04 Å². The van der Waals surface area contributed by atoms with Gasteiger partial charge in [-0.2, -0.15) is 5.26 Å². The van der Waals surface area contributed by atoms with E-state index in [-0.39, 0.29) is 32.7 Å². The Kier molecular flexibility index (Phi) is 6.20. The number of aliphatic hydroxyl groups is 1.